The van der Waals surface area contributed by atoms with Crippen molar-refractivity contribution >= 4 is 29.0 Å². The molecule has 0 N–H and O–H groups in total. The van der Waals surface area contributed by atoms with Crippen LogP contribution in [0.25, 0.3) is 0 Å². The van der Waals surface area contributed by atoms with Crippen molar-refractivity contribution in [2.45, 2.75) is 37.5 Å². The molecule has 0 aromatic heterocycles. The summed E-state index contributed by atoms with van der Waals surface area (Å²) in [5.41, 5.74) is 0.678. The lowest BCUT2D eigenvalue weighted by atomic mass is 9.61. The fourth-order valence-electron chi connectivity index (χ4n) is 2.67. The number of hydrogen-bond donors (Lipinski definition) is 0. The van der Waals surface area contributed by atoms with Crippen molar-refractivity contribution in [3.63, 3.8) is 0 Å². The number of carbonyl (C=O) groups is 1. The average molecular weight is 301 g/mol. The van der Waals surface area contributed by atoms with Crippen LogP contribution in [0.15, 0.2) is 18.2 Å². The van der Waals surface area contributed by atoms with Crippen molar-refractivity contribution in [2.75, 3.05) is 13.7 Å². The molecule has 2 nitrogen and oxygen atoms in total. The van der Waals surface area contributed by atoms with Crippen LogP contribution in [0.3, 0.4) is 0 Å². The third-order valence-corrected chi connectivity index (χ3v) is 4.70. The zero-order chi connectivity index (χ0) is 13.9. The van der Waals surface area contributed by atoms with Gasteiger partial charge in [-0.3, -0.25) is 4.79 Å². The first-order valence-electron chi connectivity index (χ1n) is 6.58. The van der Waals surface area contributed by atoms with Crippen LogP contribution in [-0.4, -0.2) is 19.5 Å². The zero-order valence-electron chi connectivity index (χ0n) is 11.0. The molecule has 0 bridgehead atoms. The van der Waals surface area contributed by atoms with Gasteiger partial charge in [0.1, 0.15) is 5.78 Å². The number of Topliss-reactive ketones (excluding diaryl/α,β-unsaturated/α-hetero) is 1. The molecule has 4 heteroatoms. The summed E-state index contributed by atoms with van der Waals surface area (Å²) in [4.78, 5) is 12.5. The molecule has 1 fully saturated rings. The zero-order valence-corrected chi connectivity index (χ0v) is 12.6. The summed E-state index contributed by atoms with van der Waals surface area (Å²) in [6, 6.07) is 5.56. The van der Waals surface area contributed by atoms with Gasteiger partial charge in [0.25, 0.3) is 0 Å². The maximum absolute atomic E-state index is 12.5. The van der Waals surface area contributed by atoms with Crippen LogP contribution >= 0.6 is 23.2 Å². The number of rotatable bonds is 6. The van der Waals surface area contributed by atoms with Gasteiger partial charge in [-0.25, -0.2) is 0 Å². The number of halogens is 2. The van der Waals surface area contributed by atoms with Gasteiger partial charge in [0.05, 0.1) is 15.5 Å². The van der Waals surface area contributed by atoms with E-state index in [0.717, 1.165) is 31.2 Å². The fraction of sp³-hybridized carbons (Fsp3) is 0.533. The minimum Gasteiger partial charge on any atom is -0.385 e. The summed E-state index contributed by atoms with van der Waals surface area (Å²) in [6.07, 6.45) is 4.26. The number of methoxy groups -OCH3 is 1. The van der Waals surface area contributed by atoms with E-state index < -0.39 is 0 Å². The Bertz CT molecular complexity index is 467. The normalized spacial score (nSPS) is 17.0. The molecule has 0 heterocycles. The molecule has 1 aromatic rings. The second kappa shape index (κ2) is 6.25. The van der Waals surface area contributed by atoms with Crippen LogP contribution in [0.2, 0.25) is 10.0 Å². The molecule has 0 amide bonds. The average Bonchev–Trinajstić information content (AvgIpc) is 2.32. The van der Waals surface area contributed by atoms with Gasteiger partial charge in [0, 0.05) is 20.1 Å². The molecule has 0 spiro atoms. The largest absolute Gasteiger partial charge is 0.385 e. The van der Waals surface area contributed by atoms with E-state index in [1.165, 1.54) is 0 Å². The standard InChI is InChI=1S/C15H18Cl2O2/c1-19-9-2-4-14(18)15(7-3-8-15)11-5-6-12(16)13(17)10-11/h5-6,10H,2-4,7-9H2,1H3. The highest BCUT2D eigenvalue weighted by Crippen LogP contribution is 2.46. The summed E-state index contributed by atoms with van der Waals surface area (Å²) < 4.78 is 5.01. The maximum atomic E-state index is 12.5. The summed E-state index contributed by atoms with van der Waals surface area (Å²) in [7, 11) is 1.66. The van der Waals surface area contributed by atoms with E-state index in [2.05, 4.69) is 0 Å². The van der Waals surface area contributed by atoms with Crippen molar-refractivity contribution < 1.29 is 9.53 Å². The molecular weight excluding hydrogens is 283 g/mol. The highest BCUT2D eigenvalue weighted by Gasteiger charge is 2.44. The van der Waals surface area contributed by atoms with Gasteiger partial charge in [-0.05, 0) is 37.0 Å². The van der Waals surface area contributed by atoms with Gasteiger partial charge in [0.2, 0.25) is 0 Å². The predicted octanol–water partition coefficient (Wildman–Crippen LogP) is 4.41. The molecule has 1 aliphatic rings. The van der Waals surface area contributed by atoms with Crippen LogP contribution < -0.4 is 0 Å². The second-order valence-electron chi connectivity index (χ2n) is 5.08. The van der Waals surface area contributed by atoms with Gasteiger partial charge in [-0.15, -0.1) is 0 Å². The number of hydrogen-bond acceptors (Lipinski definition) is 2. The molecule has 1 saturated carbocycles. The Morgan fingerprint density at radius 3 is 2.58 bits per heavy atom. The van der Waals surface area contributed by atoms with Crippen molar-refractivity contribution in [1.29, 1.82) is 0 Å². The first kappa shape index (κ1) is 14.8. The lowest BCUT2D eigenvalue weighted by molar-refractivity contribution is -0.128. The first-order chi connectivity index (χ1) is 9.10. The Hall–Kier alpha value is -0.570. The Morgan fingerprint density at radius 1 is 1.32 bits per heavy atom. The van der Waals surface area contributed by atoms with Crippen LogP contribution in [0.1, 0.15) is 37.7 Å². The predicted molar refractivity (Wildman–Crippen MR) is 78.1 cm³/mol. The highest BCUT2D eigenvalue weighted by molar-refractivity contribution is 6.42. The van der Waals surface area contributed by atoms with Crippen molar-refractivity contribution in [3.8, 4) is 0 Å². The number of ketones is 1. The first-order valence-corrected chi connectivity index (χ1v) is 7.33. The molecule has 1 aliphatic carbocycles. The Labute approximate surface area is 124 Å². The molecule has 104 valence electrons. The third kappa shape index (κ3) is 2.96. The monoisotopic (exact) mass is 300 g/mol. The molecule has 1 aromatic carbocycles. The Morgan fingerprint density at radius 2 is 2.05 bits per heavy atom. The van der Waals surface area contributed by atoms with Crippen LogP contribution in [0.5, 0.6) is 0 Å². The van der Waals surface area contributed by atoms with E-state index in [4.69, 9.17) is 27.9 Å². The lowest BCUT2D eigenvalue weighted by Gasteiger charge is -2.41. The van der Waals surface area contributed by atoms with Gasteiger partial charge in [0.15, 0.2) is 0 Å². The SMILES string of the molecule is COCCCC(=O)C1(c2ccc(Cl)c(Cl)c2)CCC1. The molecule has 0 radical (unpaired) electrons. The van der Waals surface area contributed by atoms with E-state index >= 15 is 0 Å². The molecule has 0 atom stereocenters. The second-order valence-corrected chi connectivity index (χ2v) is 5.90. The van der Waals surface area contributed by atoms with Gasteiger partial charge in [-0.2, -0.15) is 0 Å². The van der Waals surface area contributed by atoms with E-state index in [9.17, 15) is 4.79 Å². The molecule has 2 rings (SSSR count). The van der Waals surface area contributed by atoms with Crippen molar-refractivity contribution in [3.05, 3.63) is 33.8 Å². The van der Waals surface area contributed by atoms with Crippen LogP contribution in [0, 0.1) is 0 Å². The summed E-state index contributed by atoms with van der Waals surface area (Å²) in [5, 5.41) is 1.06. The molecule has 0 unspecified atom stereocenters. The van der Waals surface area contributed by atoms with Gasteiger partial charge < -0.3 is 4.74 Å². The Kier molecular flexibility index (Phi) is 4.88. The van der Waals surface area contributed by atoms with Crippen LogP contribution in [-0.2, 0) is 14.9 Å². The summed E-state index contributed by atoms with van der Waals surface area (Å²) in [5.74, 6) is 0.300. The maximum Gasteiger partial charge on any atom is 0.143 e. The number of ether oxygens (including phenoxy) is 1. The molecule has 19 heavy (non-hydrogen) atoms. The van der Waals surface area contributed by atoms with Crippen molar-refractivity contribution in [2.24, 2.45) is 0 Å². The van der Waals surface area contributed by atoms with Gasteiger partial charge in [-0.1, -0.05) is 35.7 Å². The van der Waals surface area contributed by atoms with E-state index in [1.54, 1.807) is 13.2 Å². The van der Waals surface area contributed by atoms with Crippen LogP contribution in [0.4, 0.5) is 0 Å². The minimum atomic E-state index is -0.331. The smallest absolute Gasteiger partial charge is 0.143 e. The van der Waals surface area contributed by atoms with E-state index in [-0.39, 0.29) is 5.41 Å². The van der Waals surface area contributed by atoms with E-state index in [0.29, 0.717) is 28.9 Å². The Balaban J connectivity index is 2.17. The summed E-state index contributed by atoms with van der Waals surface area (Å²) >= 11 is 12.0. The van der Waals surface area contributed by atoms with Gasteiger partial charge >= 0.3 is 0 Å². The van der Waals surface area contributed by atoms with Crippen molar-refractivity contribution in [1.82, 2.24) is 0 Å². The fourth-order valence-corrected chi connectivity index (χ4v) is 2.97. The molecule has 0 saturated heterocycles. The number of benzene rings is 1. The topological polar surface area (TPSA) is 26.3 Å². The number of carbonyl (C=O) groups excluding carboxylic acids is 1. The summed E-state index contributed by atoms with van der Waals surface area (Å²) in [6.45, 7) is 0.628. The quantitative estimate of drug-likeness (QED) is 0.727. The minimum absolute atomic E-state index is 0.300. The molecular formula is C15H18Cl2O2. The lowest BCUT2D eigenvalue weighted by Crippen LogP contribution is -2.42. The highest BCUT2D eigenvalue weighted by atomic mass is 35.5. The van der Waals surface area contributed by atoms with E-state index in [1.807, 2.05) is 12.1 Å². The third-order valence-electron chi connectivity index (χ3n) is 3.97. The molecule has 0 aliphatic heterocycles.